The third-order valence-corrected chi connectivity index (χ3v) is 2.98. The lowest BCUT2D eigenvalue weighted by Gasteiger charge is -2.03. The van der Waals surface area contributed by atoms with E-state index in [1.165, 1.54) is 11.3 Å². The molecule has 4 N–H and O–H groups in total. The summed E-state index contributed by atoms with van der Waals surface area (Å²) in [6.45, 7) is 0. The number of hydrogen-bond donors (Lipinski definition) is 2. The number of nitrogens with zero attached hydrogens (tertiary/aromatic N) is 1. The highest BCUT2D eigenvalue weighted by atomic mass is 32.1. The summed E-state index contributed by atoms with van der Waals surface area (Å²) in [5, 5.41) is 10.8. The summed E-state index contributed by atoms with van der Waals surface area (Å²) in [6.07, 6.45) is 0. The molecule has 0 unspecified atom stereocenters. The van der Waals surface area contributed by atoms with Gasteiger partial charge in [0.2, 0.25) is 0 Å². The minimum Gasteiger partial charge on any atom is -0.397 e. The van der Waals surface area contributed by atoms with Crippen molar-refractivity contribution >= 4 is 22.7 Å². The first-order chi connectivity index (χ1) is 7.22. The number of thiophene rings is 1. The van der Waals surface area contributed by atoms with Crippen LogP contribution in [0.25, 0.3) is 11.1 Å². The van der Waals surface area contributed by atoms with E-state index in [0.717, 1.165) is 11.1 Å². The third-order valence-electron chi connectivity index (χ3n) is 2.16. The Labute approximate surface area is 91.6 Å². The van der Waals surface area contributed by atoms with Crippen molar-refractivity contribution in [2.45, 2.75) is 0 Å². The molecule has 3 nitrogen and oxygen atoms in total. The second-order valence-electron chi connectivity index (χ2n) is 3.12. The molecule has 0 atom stereocenters. The van der Waals surface area contributed by atoms with Gasteiger partial charge in [-0.3, -0.25) is 0 Å². The molecule has 0 radical (unpaired) electrons. The summed E-state index contributed by atoms with van der Waals surface area (Å²) >= 11 is 1.42. The fraction of sp³-hybridized carbons (Fsp3) is 0. The van der Waals surface area contributed by atoms with Crippen molar-refractivity contribution in [3.05, 3.63) is 34.5 Å². The van der Waals surface area contributed by atoms with Gasteiger partial charge in [0.25, 0.3) is 0 Å². The maximum absolute atomic E-state index is 8.90. The van der Waals surface area contributed by atoms with Crippen LogP contribution in [-0.4, -0.2) is 0 Å². The molecule has 2 aromatic rings. The van der Waals surface area contributed by atoms with Gasteiger partial charge < -0.3 is 11.5 Å². The number of anilines is 2. The van der Waals surface area contributed by atoms with Crippen molar-refractivity contribution in [1.29, 1.82) is 5.26 Å². The van der Waals surface area contributed by atoms with E-state index in [0.29, 0.717) is 16.3 Å². The van der Waals surface area contributed by atoms with Crippen molar-refractivity contribution in [2.75, 3.05) is 11.5 Å². The van der Waals surface area contributed by atoms with Crippen LogP contribution in [0.3, 0.4) is 0 Å². The van der Waals surface area contributed by atoms with E-state index in [1.807, 2.05) is 17.5 Å². The van der Waals surface area contributed by atoms with Gasteiger partial charge in [-0.15, -0.1) is 11.3 Å². The molecular weight excluding hydrogens is 206 g/mol. The molecule has 1 heterocycles. The Morgan fingerprint density at radius 3 is 2.60 bits per heavy atom. The summed E-state index contributed by atoms with van der Waals surface area (Å²) in [6, 6.07) is 9.48. The van der Waals surface area contributed by atoms with Gasteiger partial charge in [0.15, 0.2) is 0 Å². The molecule has 0 fully saturated rings. The molecule has 74 valence electrons. The van der Waals surface area contributed by atoms with E-state index >= 15 is 0 Å². The van der Waals surface area contributed by atoms with E-state index in [2.05, 4.69) is 6.07 Å². The zero-order valence-corrected chi connectivity index (χ0v) is 8.71. The highest BCUT2D eigenvalue weighted by molar-refractivity contribution is 7.11. The van der Waals surface area contributed by atoms with Crippen molar-refractivity contribution < 1.29 is 0 Å². The second-order valence-corrected chi connectivity index (χ2v) is 4.04. The van der Waals surface area contributed by atoms with E-state index in [-0.39, 0.29) is 0 Å². The van der Waals surface area contributed by atoms with Crippen molar-refractivity contribution in [1.82, 2.24) is 0 Å². The monoisotopic (exact) mass is 215 g/mol. The van der Waals surface area contributed by atoms with Crippen LogP contribution in [0, 0.1) is 11.3 Å². The van der Waals surface area contributed by atoms with Crippen molar-refractivity contribution in [3.63, 3.8) is 0 Å². The predicted octanol–water partition coefficient (Wildman–Crippen LogP) is 2.45. The fourth-order valence-electron chi connectivity index (χ4n) is 1.37. The van der Waals surface area contributed by atoms with Gasteiger partial charge in [-0.05, 0) is 29.1 Å². The molecule has 0 saturated carbocycles. The average Bonchev–Trinajstić information content (AvgIpc) is 2.70. The molecule has 0 bridgehead atoms. The highest BCUT2D eigenvalue weighted by Gasteiger charge is 2.07. The molecule has 15 heavy (non-hydrogen) atoms. The summed E-state index contributed by atoms with van der Waals surface area (Å²) in [5.41, 5.74) is 14.3. The molecular formula is C11H9N3S. The summed E-state index contributed by atoms with van der Waals surface area (Å²) in [5.74, 6) is 0. The number of rotatable bonds is 1. The van der Waals surface area contributed by atoms with Crippen molar-refractivity contribution in [2.24, 2.45) is 0 Å². The quantitative estimate of drug-likeness (QED) is 0.717. The Morgan fingerprint density at radius 1 is 1.13 bits per heavy atom. The van der Waals surface area contributed by atoms with Gasteiger partial charge in [0.05, 0.1) is 11.4 Å². The maximum atomic E-state index is 8.90. The zero-order chi connectivity index (χ0) is 10.8. The zero-order valence-electron chi connectivity index (χ0n) is 7.90. The number of nitriles is 1. The van der Waals surface area contributed by atoms with Crippen LogP contribution >= 0.6 is 11.3 Å². The Morgan fingerprint density at radius 2 is 1.93 bits per heavy atom. The molecule has 1 aromatic heterocycles. The van der Waals surface area contributed by atoms with Gasteiger partial charge in [0, 0.05) is 5.56 Å². The van der Waals surface area contributed by atoms with Gasteiger partial charge in [-0.25, -0.2) is 0 Å². The number of nitrogens with two attached hydrogens (primary N) is 2. The third kappa shape index (κ3) is 1.65. The molecule has 0 saturated heterocycles. The topological polar surface area (TPSA) is 75.8 Å². The Kier molecular flexibility index (Phi) is 2.32. The van der Waals surface area contributed by atoms with Crippen molar-refractivity contribution in [3.8, 4) is 17.2 Å². The normalized spacial score (nSPS) is 9.80. The lowest BCUT2D eigenvalue weighted by Crippen LogP contribution is -1.94. The molecule has 0 aliphatic carbocycles. The van der Waals surface area contributed by atoms with Crippen LogP contribution in [0.5, 0.6) is 0 Å². The smallest absolute Gasteiger partial charge is 0.112 e. The Hall–Kier alpha value is -1.99. The molecule has 2 rings (SSSR count). The van der Waals surface area contributed by atoms with Crippen LogP contribution in [0.4, 0.5) is 11.4 Å². The van der Waals surface area contributed by atoms with Crippen LogP contribution in [0.1, 0.15) is 4.88 Å². The molecule has 1 aromatic carbocycles. The molecule has 4 heteroatoms. The van der Waals surface area contributed by atoms with E-state index in [4.69, 9.17) is 16.7 Å². The largest absolute Gasteiger partial charge is 0.397 e. The minimum absolute atomic E-state index is 0.544. The number of hydrogen-bond acceptors (Lipinski definition) is 4. The van der Waals surface area contributed by atoms with E-state index in [1.54, 1.807) is 12.1 Å². The van der Waals surface area contributed by atoms with Crippen LogP contribution in [0.15, 0.2) is 29.6 Å². The van der Waals surface area contributed by atoms with Crippen LogP contribution in [0.2, 0.25) is 0 Å². The first-order valence-corrected chi connectivity index (χ1v) is 5.23. The standard InChI is InChI=1S/C11H9N3S/c12-6-11-8(3-4-15-11)7-1-2-9(13)10(14)5-7/h1-5H,13-14H2. The van der Waals surface area contributed by atoms with E-state index in [9.17, 15) is 0 Å². The predicted molar refractivity (Wildman–Crippen MR) is 63.3 cm³/mol. The molecule has 0 spiro atoms. The fourth-order valence-corrected chi connectivity index (χ4v) is 2.07. The number of nitrogen functional groups attached to an aromatic ring is 2. The van der Waals surface area contributed by atoms with Gasteiger partial charge in [-0.1, -0.05) is 6.07 Å². The van der Waals surface area contributed by atoms with Gasteiger partial charge in [-0.2, -0.15) is 5.26 Å². The SMILES string of the molecule is N#Cc1sccc1-c1ccc(N)c(N)c1. The lowest BCUT2D eigenvalue weighted by molar-refractivity contribution is 1.52. The van der Waals surface area contributed by atoms with E-state index < -0.39 is 0 Å². The molecule has 0 aliphatic heterocycles. The summed E-state index contributed by atoms with van der Waals surface area (Å²) in [4.78, 5) is 0.694. The first kappa shape index (κ1) is 9.56. The lowest BCUT2D eigenvalue weighted by atomic mass is 10.1. The highest BCUT2D eigenvalue weighted by Crippen LogP contribution is 2.30. The Bertz CT molecular complexity index is 537. The van der Waals surface area contributed by atoms with Crippen LogP contribution < -0.4 is 11.5 Å². The summed E-state index contributed by atoms with van der Waals surface area (Å²) in [7, 11) is 0. The molecule has 0 amide bonds. The maximum Gasteiger partial charge on any atom is 0.112 e. The number of benzene rings is 1. The van der Waals surface area contributed by atoms with Crippen LogP contribution in [-0.2, 0) is 0 Å². The van der Waals surface area contributed by atoms with Gasteiger partial charge in [0.1, 0.15) is 10.9 Å². The second kappa shape index (κ2) is 3.64. The summed E-state index contributed by atoms with van der Waals surface area (Å²) < 4.78 is 0. The minimum atomic E-state index is 0.544. The van der Waals surface area contributed by atoms with Gasteiger partial charge >= 0.3 is 0 Å². The average molecular weight is 215 g/mol. The first-order valence-electron chi connectivity index (χ1n) is 4.35. The molecule has 0 aliphatic rings. The Balaban J connectivity index is 2.56.